The summed E-state index contributed by atoms with van der Waals surface area (Å²) in [6.07, 6.45) is 2.83. The number of amides is 1. The fraction of sp³-hybridized carbons (Fsp3) is 0.296. The summed E-state index contributed by atoms with van der Waals surface area (Å²) in [5.41, 5.74) is 5.51. The standard InChI is InChI=1S/C27H26N4O2/c1-30-24-9-8-20(19-6-4-5-18(13-19)16-28)14-23(24)27-22(25(30)17-32)10-12-31(27)26(33)15-21-7-2-3-11-29-21/h2-9,11,13-14,22,25,27,32H,10,12,15,17H2,1H3/t22-,25-,27-/m1/s1. The molecule has 0 spiro atoms. The van der Waals surface area contributed by atoms with Crippen molar-refractivity contribution in [1.82, 2.24) is 9.88 Å². The number of anilines is 1. The van der Waals surface area contributed by atoms with E-state index in [1.54, 1.807) is 12.3 Å². The minimum absolute atomic E-state index is 0.0390. The normalized spacial score (nSPS) is 21.3. The van der Waals surface area contributed by atoms with E-state index in [9.17, 15) is 15.2 Å². The third kappa shape index (κ3) is 3.75. The highest BCUT2D eigenvalue weighted by Crippen LogP contribution is 2.49. The summed E-state index contributed by atoms with van der Waals surface area (Å²) < 4.78 is 0. The van der Waals surface area contributed by atoms with Gasteiger partial charge in [0.15, 0.2) is 0 Å². The van der Waals surface area contributed by atoms with Crippen molar-refractivity contribution < 1.29 is 9.90 Å². The maximum atomic E-state index is 13.4. The number of nitrogens with zero attached hydrogens (tertiary/aromatic N) is 4. The van der Waals surface area contributed by atoms with Crippen LogP contribution < -0.4 is 4.90 Å². The first-order valence-corrected chi connectivity index (χ1v) is 11.3. The van der Waals surface area contributed by atoms with Crippen molar-refractivity contribution >= 4 is 11.6 Å². The minimum Gasteiger partial charge on any atom is -0.394 e. The number of likely N-dealkylation sites (tertiary alicyclic amines) is 1. The van der Waals surface area contributed by atoms with Gasteiger partial charge in [0, 0.05) is 37.1 Å². The molecule has 3 heterocycles. The van der Waals surface area contributed by atoms with Crippen LogP contribution in [0.4, 0.5) is 5.69 Å². The molecule has 1 amide bonds. The average molecular weight is 439 g/mol. The van der Waals surface area contributed by atoms with Crippen LogP contribution in [0.15, 0.2) is 66.9 Å². The van der Waals surface area contributed by atoms with Gasteiger partial charge in [0.05, 0.1) is 36.7 Å². The van der Waals surface area contributed by atoms with Crippen LogP contribution in [0.3, 0.4) is 0 Å². The number of pyridine rings is 1. The number of aromatic nitrogens is 1. The lowest BCUT2D eigenvalue weighted by atomic mass is 9.81. The third-order valence-corrected chi connectivity index (χ3v) is 7.05. The lowest BCUT2D eigenvalue weighted by Gasteiger charge is -2.44. The van der Waals surface area contributed by atoms with Crippen LogP contribution in [0.25, 0.3) is 11.1 Å². The molecule has 2 aliphatic heterocycles. The van der Waals surface area contributed by atoms with Gasteiger partial charge in [0.25, 0.3) is 0 Å². The van der Waals surface area contributed by atoms with Crippen molar-refractivity contribution in [2.75, 3.05) is 25.1 Å². The zero-order chi connectivity index (χ0) is 22.9. The molecule has 1 N–H and O–H groups in total. The number of rotatable bonds is 4. The third-order valence-electron chi connectivity index (χ3n) is 7.05. The molecule has 1 fully saturated rings. The van der Waals surface area contributed by atoms with Crippen molar-refractivity contribution in [3.63, 3.8) is 0 Å². The lowest BCUT2D eigenvalue weighted by Crippen LogP contribution is -2.48. The number of aliphatic hydroxyl groups excluding tert-OH is 1. The quantitative estimate of drug-likeness (QED) is 0.674. The number of hydrogen-bond acceptors (Lipinski definition) is 5. The Morgan fingerprint density at radius 3 is 2.76 bits per heavy atom. The van der Waals surface area contributed by atoms with Crippen LogP contribution in [0.1, 0.15) is 29.3 Å². The Labute approximate surface area is 193 Å². The number of likely N-dealkylation sites (N-methyl/N-ethyl adjacent to an activating group) is 1. The molecule has 0 saturated carbocycles. The van der Waals surface area contributed by atoms with Gasteiger partial charge in [-0.05, 0) is 59.5 Å². The molecule has 3 aromatic rings. The molecule has 0 unspecified atom stereocenters. The van der Waals surface area contributed by atoms with Gasteiger partial charge >= 0.3 is 0 Å². The van der Waals surface area contributed by atoms with E-state index in [1.165, 1.54) is 0 Å². The first-order chi connectivity index (χ1) is 16.1. The van der Waals surface area contributed by atoms with Gasteiger partial charge in [-0.15, -0.1) is 0 Å². The highest BCUT2D eigenvalue weighted by Gasteiger charge is 2.47. The van der Waals surface area contributed by atoms with E-state index >= 15 is 0 Å². The smallest absolute Gasteiger partial charge is 0.229 e. The van der Waals surface area contributed by atoms with E-state index in [1.807, 2.05) is 48.3 Å². The van der Waals surface area contributed by atoms with E-state index in [2.05, 4.69) is 34.2 Å². The maximum Gasteiger partial charge on any atom is 0.229 e. The number of carbonyl (C=O) groups excluding carboxylic acids is 1. The van der Waals surface area contributed by atoms with Crippen molar-refractivity contribution in [2.24, 2.45) is 5.92 Å². The molecule has 0 aliphatic carbocycles. The van der Waals surface area contributed by atoms with Crippen molar-refractivity contribution in [2.45, 2.75) is 24.9 Å². The zero-order valence-electron chi connectivity index (χ0n) is 18.6. The Balaban J connectivity index is 1.55. The van der Waals surface area contributed by atoms with Gasteiger partial charge in [-0.2, -0.15) is 5.26 Å². The second kappa shape index (κ2) is 8.68. The summed E-state index contributed by atoms with van der Waals surface area (Å²) >= 11 is 0. The first-order valence-electron chi connectivity index (χ1n) is 11.3. The van der Waals surface area contributed by atoms with E-state index in [0.29, 0.717) is 12.1 Å². The van der Waals surface area contributed by atoms with Gasteiger partial charge in [0.1, 0.15) is 0 Å². The van der Waals surface area contributed by atoms with Crippen LogP contribution in [0.5, 0.6) is 0 Å². The summed E-state index contributed by atoms with van der Waals surface area (Å²) in [4.78, 5) is 21.8. The van der Waals surface area contributed by atoms with Gasteiger partial charge in [-0.25, -0.2) is 0 Å². The van der Waals surface area contributed by atoms with Crippen LogP contribution in [-0.2, 0) is 11.2 Å². The first kappa shape index (κ1) is 21.2. The number of aliphatic hydroxyl groups is 1. The maximum absolute atomic E-state index is 13.4. The van der Waals surface area contributed by atoms with Crippen molar-refractivity contribution in [3.8, 4) is 17.2 Å². The molecule has 2 aromatic carbocycles. The van der Waals surface area contributed by atoms with Gasteiger partial charge in [-0.3, -0.25) is 9.78 Å². The van der Waals surface area contributed by atoms with Gasteiger partial charge < -0.3 is 14.9 Å². The molecular weight excluding hydrogens is 412 g/mol. The predicted molar refractivity (Wildman–Crippen MR) is 126 cm³/mol. The average Bonchev–Trinajstić information content (AvgIpc) is 3.30. The molecule has 33 heavy (non-hydrogen) atoms. The van der Waals surface area contributed by atoms with Crippen LogP contribution in [-0.4, -0.2) is 47.1 Å². The molecule has 0 radical (unpaired) electrons. The largest absolute Gasteiger partial charge is 0.394 e. The summed E-state index contributed by atoms with van der Waals surface area (Å²) in [5.74, 6) is 0.214. The SMILES string of the molecule is CN1c2ccc(-c3cccc(C#N)c3)cc2[C@H]2[C@H](CCN2C(=O)Cc2ccccn2)[C@H]1CO. The summed E-state index contributed by atoms with van der Waals surface area (Å²) in [6.45, 7) is 0.713. The van der Waals surface area contributed by atoms with Crippen molar-refractivity contribution in [1.29, 1.82) is 5.26 Å². The highest BCUT2D eigenvalue weighted by molar-refractivity contribution is 5.80. The monoisotopic (exact) mass is 438 g/mol. The molecule has 2 aliphatic rings. The second-order valence-electron chi connectivity index (χ2n) is 8.81. The Bertz CT molecular complexity index is 1220. The Hall–Kier alpha value is -3.69. The van der Waals surface area contributed by atoms with E-state index in [-0.39, 0.29) is 36.9 Å². The Morgan fingerprint density at radius 1 is 1.15 bits per heavy atom. The number of nitriles is 1. The number of carbonyl (C=O) groups is 1. The summed E-state index contributed by atoms with van der Waals surface area (Å²) in [5, 5.41) is 19.5. The lowest BCUT2D eigenvalue weighted by molar-refractivity contribution is -0.132. The second-order valence-corrected chi connectivity index (χ2v) is 8.81. The fourth-order valence-electron chi connectivity index (χ4n) is 5.44. The van der Waals surface area contributed by atoms with E-state index in [4.69, 9.17) is 0 Å². The topological polar surface area (TPSA) is 80.5 Å². The molecule has 166 valence electrons. The molecular formula is C27H26N4O2. The molecule has 6 nitrogen and oxygen atoms in total. The zero-order valence-corrected chi connectivity index (χ0v) is 18.6. The van der Waals surface area contributed by atoms with Crippen LogP contribution in [0.2, 0.25) is 0 Å². The molecule has 6 heteroatoms. The minimum atomic E-state index is -0.0938. The number of hydrogen-bond donors (Lipinski definition) is 1. The molecule has 5 rings (SSSR count). The number of benzene rings is 2. The summed E-state index contributed by atoms with van der Waals surface area (Å²) in [6, 6.07) is 21.6. The van der Waals surface area contributed by atoms with E-state index in [0.717, 1.165) is 34.5 Å². The fourth-order valence-corrected chi connectivity index (χ4v) is 5.44. The van der Waals surface area contributed by atoms with E-state index < -0.39 is 0 Å². The number of fused-ring (bicyclic) bond motifs is 3. The molecule has 1 aromatic heterocycles. The van der Waals surface area contributed by atoms with Gasteiger partial charge in [-0.1, -0.05) is 24.3 Å². The summed E-state index contributed by atoms with van der Waals surface area (Å²) in [7, 11) is 2.02. The highest BCUT2D eigenvalue weighted by atomic mass is 16.3. The Kier molecular flexibility index (Phi) is 5.57. The predicted octanol–water partition coefficient (Wildman–Crippen LogP) is 3.56. The Morgan fingerprint density at radius 2 is 2.00 bits per heavy atom. The molecule has 3 atom stereocenters. The molecule has 0 bridgehead atoms. The van der Waals surface area contributed by atoms with Crippen molar-refractivity contribution in [3.05, 3.63) is 83.7 Å². The van der Waals surface area contributed by atoms with Crippen LogP contribution in [0, 0.1) is 17.2 Å². The van der Waals surface area contributed by atoms with Gasteiger partial charge in [0.2, 0.25) is 5.91 Å². The van der Waals surface area contributed by atoms with Crippen LogP contribution >= 0.6 is 0 Å². The molecule has 1 saturated heterocycles.